The van der Waals surface area contributed by atoms with Crippen LogP contribution in [0.25, 0.3) is 0 Å². The van der Waals surface area contributed by atoms with E-state index in [0.717, 1.165) is 11.4 Å². The lowest BCUT2D eigenvalue weighted by atomic mass is 10.1. The zero-order valence-corrected chi connectivity index (χ0v) is 12.4. The summed E-state index contributed by atoms with van der Waals surface area (Å²) in [7, 11) is 1.92. The van der Waals surface area contributed by atoms with Crippen molar-refractivity contribution in [2.45, 2.75) is 25.8 Å². The summed E-state index contributed by atoms with van der Waals surface area (Å²) in [5, 5.41) is 13.0. The second-order valence-electron chi connectivity index (χ2n) is 5.08. The summed E-state index contributed by atoms with van der Waals surface area (Å²) >= 11 is 0. The monoisotopic (exact) mass is 287 g/mol. The van der Waals surface area contributed by atoms with Crippen molar-refractivity contribution in [3.63, 3.8) is 0 Å². The van der Waals surface area contributed by atoms with E-state index in [0.29, 0.717) is 13.0 Å². The van der Waals surface area contributed by atoms with Crippen molar-refractivity contribution in [3.8, 4) is 0 Å². The first-order valence-electron chi connectivity index (χ1n) is 7.11. The highest BCUT2D eigenvalue weighted by Crippen LogP contribution is 2.26. The molecule has 0 saturated carbocycles. The van der Waals surface area contributed by atoms with E-state index in [9.17, 15) is 4.79 Å². The van der Waals surface area contributed by atoms with Crippen molar-refractivity contribution < 1.29 is 9.90 Å². The zero-order chi connectivity index (χ0) is 15.2. The number of hydrogen-bond acceptors (Lipinski definition) is 3. The first-order valence-corrected chi connectivity index (χ1v) is 7.11. The van der Waals surface area contributed by atoms with Gasteiger partial charge in [-0.05, 0) is 31.5 Å². The average molecular weight is 287 g/mol. The number of aromatic nitrogens is 2. The SMILES string of the molecule is CC(c1ccnn1C)N(CCCC(=O)O)c1ccccc1. The molecule has 0 aliphatic rings. The van der Waals surface area contributed by atoms with Gasteiger partial charge in [-0.2, -0.15) is 5.10 Å². The van der Waals surface area contributed by atoms with E-state index >= 15 is 0 Å². The number of carboxylic acid groups (broad SMARTS) is 1. The summed E-state index contributed by atoms with van der Waals surface area (Å²) in [5.41, 5.74) is 2.20. The quantitative estimate of drug-likeness (QED) is 0.850. The molecule has 5 heteroatoms. The van der Waals surface area contributed by atoms with Crippen molar-refractivity contribution >= 4 is 11.7 Å². The van der Waals surface area contributed by atoms with Crippen molar-refractivity contribution in [1.82, 2.24) is 9.78 Å². The number of rotatable bonds is 7. The Bertz CT molecular complexity index is 580. The van der Waals surface area contributed by atoms with Gasteiger partial charge in [0.05, 0.1) is 11.7 Å². The van der Waals surface area contributed by atoms with Gasteiger partial charge in [0, 0.05) is 31.9 Å². The normalized spacial score (nSPS) is 12.1. The minimum atomic E-state index is -0.754. The fraction of sp³-hybridized carbons (Fsp3) is 0.375. The summed E-state index contributed by atoms with van der Waals surface area (Å²) in [4.78, 5) is 13.0. The Morgan fingerprint density at radius 2 is 2.05 bits per heavy atom. The third-order valence-corrected chi connectivity index (χ3v) is 3.63. The summed E-state index contributed by atoms with van der Waals surface area (Å²) < 4.78 is 1.86. The molecule has 5 nitrogen and oxygen atoms in total. The molecule has 1 heterocycles. The van der Waals surface area contributed by atoms with Gasteiger partial charge in [0.15, 0.2) is 0 Å². The highest BCUT2D eigenvalue weighted by Gasteiger charge is 2.18. The average Bonchev–Trinajstić information content (AvgIpc) is 2.90. The molecule has 1 unspecified atom stereocenters. The molecule has 0 spiro atoms. The molecule has 0 amide bonds. The number of carbonyl (C=O) groups is 1. The lowest BCUT2D eigenvalue weighted by Gasteiger charge is -2.31. The maximum absolute atomic E-state index is 10.7. The number of aryl methyl sites for hydroxylation is 1. The standard InChI is InChI=1S/C16H21N3O2/c1-13(15-10-11-17-18(15)2)19(12-6-9-16(20)21)14-7-4-3-5-8-14/h3-5,7-8,10-11,13H,6,9,12H2,1-2H3,(H,20,21). The number of benzene rings is 1. The predicted molar refractivity (Wildman–Crippen MR) is 82.3 cm³/mol. The molecule has 1 N–H and O–H groups in total. The number of carboxylic acids is 1. The van der Waals surface area contributed by atoms with Crippen molar-refractivity contribution in [2.75, 3.05) is 11.4 Å². The molecular weight excluding hydrogens is 266 g/mol. The van der Waals surface area contributed by atoms with Crippen LogP contribution in [0.5, 0.6) is 0 Å². The maximum Gasteiger partial charge on any atom is 0.303 e. The fourth-order valence-electron chi connectivity index (χ4n) is 2.52. The molecule has 2 rings (SSSR count). The fourth-order valence-corrected chi connectivity index (χ4v) is 2.52. The zero-order valence-electron chi connectivity index (χ0n) is 12.4. The molecule has 112 valence electrons. The topological polar surface area (TPSA) is 58.4 Å². The van der Waals surface area contributed by atoms with Gasteiger partial charge in [0.25, 0.3) is 0 Å². The van der Waals surface area contributed by atoms with Crippen LogP contribution in [0.2, 0.25) is 0 Å². The summed E-state index contributed by atoms with van der Waals surface area (Å²) in [6.45, 7) is 2.81. The molecule has 21 heavy (non-hydrogen) atoms. The van der Waals surface area contributed by atoms with Crippen molar-refractivity contribution in [2.24, 2.45) is 7.05 Å². The minimum Gasteiger partial charge on any atom is -0.481 e. The second-order valence-corrected chi connectivity index (χ2v) is 5.08. The van der Waals surface area contributed by atoms with Crippen LogP contribution in [-0.2, 0) is 11.8 Å². The Kier molecular flexibility index (Phi) is 4.98. The molecule has 0 saturated heterocycles. The van der Waals surface area contributed by atoms with Gasteiger partial charge >= 0.3 is 5.97 Å². The van der Waals surface area contributed by atoms with E-state index in [2.05, 4.69) is 16.9 Å². The third-order valence-electron chi connectivity index (χ3n) is 3.63. The third kappa shape index (κ3) is 3.84. The number of para-hydroxylation sites is 1. The van der Waals surface area contributed by atoms with Crippen LogP contribution >= 0.6 is 0 Å². The second kappa shape index (κ2) is 6.92. The van der Waals surface area contributed by atoms with E-state index in [1.165, 1.54) is 0 Å². The van der Waals surface area contributed by atoms with Gasteiger partial charge in [-0.15, -0.1) is 0 Å². The first kappa shape index (κ1) is 15.1. The first-order chi connectivity index (χ1) is 10.1. The van der Waals surface area contributed by atoms with E-state index in [4.69, 9.17) is 5.11 Å². The molecule has 1 aromatic heterocycles. The van der Waals surface area contributed by atoms with Crippen molar-refractivity contribution in [3.05, 3.63) is 48.3 Å². The van der Waals surface area contributed by atoms with Crippen molar-refractivity contribution in [1.29, 1.82) is 0 Å². The van der Waals surface area contributed by atoms with Gasteiger partial charge in [-0.1, -0.05) is 18.2 Å². The van der Waals surface area contributed by atoms with Crippen LogP contribution in [0, 0.1) is 0 Å². The lowest BCUT2D eigenvalue weighted by Crippen LogP contribution is -2.29. The maximum atomic E-state index is 10.7. The molecule has 0 radical (unpaired) electrons. The Morgan fingerprint density at radius 3 is 2.62 bits per heavy atom. The molecule has 0 fully saturated rings. The number of aliphatic carboxylic acids is 1. The van der Waals surface area contributed by atoms with Crippen LogP contribution < -0.4 is 4.90 Å². The molecule has 0 aliphatic carbocycles. The van der Waals surface area contributed by atoms with E-state index in [1.54, 1.807) is 6.20 Å². The van der Waals surface area contributed by atoms with Gasteiger partial charge in [-0.3, -0.25) is 9.48 Å². The molecule has 0 aliphatic heterocycles. The molecule has 1 atom stereocenters. The van der Waals surface area contributed by atoms with E-state index in [-0.39, 0.29) is 12.5 Å². The van der Waals surface area contributed by atoms with Gasteiger partial charge < -0.3 is 10.0 Å². The van der Waals surface area contributed by atoms with Gasteiger partial charge in [0.2, 0.25) is 0 Å². The number of hydrogen-bond donors (Lipinski definition) is 1. The predicted octanol–water partition coefficient (Wildman–Crippen LogP) is 2.85. The van der Waals surface area contributed by atoms with Crippen LogP contribution in [0.3, 0.4) is 0 Å². The van der Waals surface area contributed by atoms with E-state index in [1.807, 2.05) is 48.1 Å². The van der Waals surface area contributed by atoms with Gasteiger partial charge in [0.1, 0.15) is 0 Å². The Labute approximate surface area is 124 Å². The highest BCUT2D eigenvalue weighted by atomic mass is 16.4. The molecule has 1 aromatic carbocycles. The van der Waals surface area contributed by atoms with Gasteiger partial charge in [-0.25, -0.2) is 0 Å². The number of nitrogens with zero attached hydrogens (tertiary/aromatic N) is 3. The molecular formula is C16H21N3O2. The highest BCUT2D eigenvalue weighted by molar-refractivity contribution is 5.66. The van der Waals surface area contributed by atoms with Crippen LogP contribution in [0.1, 0.15) is 31.5 Å². The lowest BCUT2D eigenvalue weighted by molar-refractivity contribution is -0.137. The van der Waals surface area contributed by atoms with Crippen LogP contribution in [0.15, 0.2) is 42.6 Å². The van der Waals surface area contributed by atoms with Crippen LogP contribution in [0.4, 0.5) is 5.69 Å². The smallest absolute Gasteiger partial charge is 0.303 e. The summed E-state index contributed by atoms with van der Waals surface area (Å²) in [6.07, 6.45) is 2.58. The summed E-state index contributed by atoms with van der Waals surface area (Å²) in [5.74, 6) is -0.754. The summed E-state index contributed by atoms with van der Waals surface area (Å²) in [6, 6.07) is 12.2. The Morgan fingerprint density at radius 1 is 1.33 bits per heavy atom. The van der Waals surface area contributed by atoms with Crippen LogP contribution in [-0.4, -0.2) is 27.4 Å². The molecule has 0 bridgehead atoms. The Balaban J connectivity index is 2.19. The Hall–Kier alpha value is -2.30. The largest absolute Gasteiger partial charge is 0.481 e. The van der Waals surface area contributed by atoms with E-state index < -0.39 is 5.97 Å². The minimum absolute atomic E-state index is 0.133. The molecule has 2 aromatic rings. The number of anilines is 1.